The molecule has 3 N–H and O–H groups in total. The molecule has 0 atom stereocenters. The monoisotopic (exact) mass is 235 g/mol. The highest BCUT2D eigenvalue weighted by Gasteiger charge is 2.17. The minimum absolute atomic E-state index is 0.639. The summed E-state index contributed by atoms with van der Waals surface area (Å²) < 4.78 is 0. The fraction of sp³-hybridized carbons (Fsp3) is 0.786. The molecule has 17 heavy (non-hydrogen) atoms. The molecule has 2 rings (SSSR count). The Morgan fingerprint density at radius 2 is 2.06 bits per heavy atom. The first-order valence-corrected chi connectivity index (χ1v) is 6.98. The van der Waals surface area contributed by atoms with Crippen molar-refractivity contribution in [2.75, 3.05) is 5.73 Å². The molecule has 1 aromatic rings. The van der Waals surface area contributed by atoms with Gasteiger partial charge < -0.3 is 5.73 Å². The summed E-state index contributed by atoms with van der Waals surface area (Å²) >= 11 is 0. The van der Waals surface area contributed by atoms with Crippen molar-refractivity contribution in [2.24, 2.45) is 11.8 Å². The number of aromatic amines is 1. The van der Waals surface area contributed by atoms with E-state index in [4.69, 9.17) is 5.73 Å². The van der Waals surface area contributed by atoms with Gasteiger partial charge >= 0.3 is 0 Å². The normalized spacial score (nSPS) is 17.1. The van der Waals surface area contributed by atoms with Crippen LogP contribution in [0, 0.1) is 11.8 Å². The zero-order valence-corrected chi connectivity index (χ0v) is 11.1. The van der Waals surface area contributed by atoms with E-state index in [0.717, 1.165) is 18.8 Å². The zero-order valence-electron chi connectivity index (χ0n) is 11.1. The average molecular weight is 235 g/mol. The molecule has 1 saturated carbocycles. The number of hydrogen-bond acceptors (Lipinski definition) is 2. The van der Waals surface area contributed by atoms with Crippen LogP contribution in [-0.2, 0) is 12.8 Å². The Balaban J connectivity index is 1.94. The third-order valence-corrected chi connectivity index (χ3v) is 3.87. The lowest BCUT2D eigenvalue weighted by Crippen LogP contribution is -2.03. The Bertz CT molecular complexity index is 348. The molecule has 3 heteroatoms. The van der Waals surface area contributed by atoms with Crippen LogP contribution in [0.3, 0.4) is 0 Å². The molecule has 1 fully saturated rings. The van der Waals surface area contributed by atoms with Crippen molar-refractivity contribution in [3.8, 4) is 0 Å². The first-order chi connectivity index (χ1) is 8.16. The molecule has 96 valence electrons. The average Bonchev–Trinajstić information content (AvgIpc) is 2.88. The summed E-state index contributed by atoms with van der Waals surface area (Å²) in [6.45, 7) is 4.46. The van der Waals surface area contributed by atoms with Gasteiger partial charge in [0.2, 0.25) is 0 Å². The van der Waals surface area contributed by atoms with Crippen LogP contribution >= 0.6 is 0 Å². The van der Waals surface area contributed by atoms with E-state index < -0.39 is 0 Å². The van der Waals surface area contributed by atoms with Crippen molar-refractivity contribution in [3.63, 3.8) is 0 Å². The molecule has 0 bridgehead atoms. The van der Waals surface area contributed by atoms with E-state index in [0.29, 0.717) is 11.7 Å². The summed E-state index contributed by atoms with van der Waals surface area (Å²) in [5, 5.41) is 7.30. The summed E-state index contributed by atoms with van der Waals surface area (Å²) in [6.07, 6.45) is 9.15. The highest BCUT2D eigenvalue weighted by atomic mass is 15.2. The molecule has 0 spiro atoms. The Kier molecular flexibility index (Phi) is 4.08. The largest absolute Gasteiger partial charge is 0.382 e. The van der Waals surface area contributed by atoms with Crippen molar-refractivity contribution in [3.05, 3.63) is 11.3 Å². The van der Waals surface area contributed by atoms with Gasteiger partial charge in [-0.2, -0.15) is 5.10 Å². The van der Waals surface area contributed by atoms with E-state index in [-0.39, 0.29) is 0 Å². The summed E-state index contributed by atoms with van der Waals surface area (Å²) in [5.41, 5.74) is 8.47. The van der Waals surface area contributed by atoms with E-state index in [9.17, 15) is 0 Å². The number of hydrogen-bond donors (Lipinski definition) is 2. The summed E-state index contributed by atoms with van der Waals surface area (Å²) in [7, 11) is 0. The van der Waals surface area contributed by atoms with E-state index in [1.807, 2.05) is 0 Å². The van der Waals surface area contributed by atoms with Gasteiger partial charge in [-0.1, -0.05) is 39.5 Å². The predicted octanol–water partition coefficient (Wildman–Crippen LogP) is 3.31. The zero-order chi connectivity index (χ0) is 12.3. The van der Waals surface area contributed by atoms with Crippen LogP contribution in [0.5, 0.6) is 0 Å². The lowest BCUT2D eigenvalue weighted by molar-refractivity contribution is 0.498. The number of aromatic nitrogens is 2. The van der Waals surface area contributed by atoms with Crippen LogP contribution in [0.25, 0.3) is 0 Å². The number of anilines is 1. The lowest BCUT2D eigenvalue weighted by atomic mass is 9.96. The molecule has 0 saturated heterocycles. The highest BCUT2D eigenvalue weighted by Crippen LogP contribution is 2.29. The predicted molar refractivity (Wildman–Crippen MR) is 71.8 cm³/mol. The van der Waals surface area contributed by atoms with Gasteiger partial charge in [-0.25, -0.2) is 0 Å². The van der Waals surface area contributed by atoms with Crippen LogP contribution in [0.1, 0.15) is 57.2 Å². The second-order valence-corrected chi connectivity index (χ2v) is 5.85. The molecule has 0 amide bonds. The third kappa shape index (κ3) is 3.24. The van der Waals surface area contributed by atoms with E-state index >= 15 is 0 Å². The quantitative estimate of drug-likeness (QED) is 0.822. The molecule has 1 aliphatic rings. The molecule has 0 aromatic carbocycles. The number of nitrogens with two attached hydrogens (primary N) is 1. The first kappa shape index (κ1) is 12.5. The van der Waals surface area contributed by atoms with Gasteiger partial charge in [-0.15, -0.1) is 0 Å². The maximum absolute atomic E-state index is 5.93. The van der Waals surface area contributed by atoms with E-state index in [1.165, 1.54) is 43.4 Å². The van der Waals surface area contributed by atoms with Crippen molar-refractivity contribution < 1.29 is 0 Å². The fourth-order valence-electron chi connectivity index (χ4n) is 2.91. The van der Waals surface area contributed by atoms with Crippen LogP contribution < -0.4 is 5.73 Å². The minimum atomic E-state index is 0.639. The van der Waals surface area contributed by atoms with Crippen molar-refractivity contribution in [2.45, 2.75) is 58.8 Å². The fourth-order valence-corrected chi connectivity index (χ4v) is 2.91. The summed E-state index contributed by atoms with van der Waals surface area (Å²) in [5.74, 6) is 2.28. The standard InChI is InChI=1S/C14H25N3/c1-10(2)9-12-13(16-17-14(12)15)8-7-11-5-3-4-6-11/h10-11H,3-9H2,1-2H3,(H3,15,16,17). The Morgan fingerprint density at radius 1 is 1.35 bits per heavy atom. The molecule has 0 unspecified atom stereocenters. The number of H-pyrrole nitrogens is 1. The highest BCUT2D eigenvalue weighted by molar-refractivity contribution is 5.42. The van der Waals surface area contributed by atoms with Gasteiger partial charge in [-0.05, 0) is 31.1 Å². The Morgan fingerprint density at radius 3 is 2.71 bits per heavy atom. The topological polar surface area (TPSA) is 54.7 Å². The molecule has 1 heterocycles. The van der Waals surface area contributed by atoms with Crippen molar-refractivity contribution in [1.82, 2.24) is 10.2 Å². The summed E-state index contributed by atoms with van der Waals surface area (Å²) in [6, 6.07) is 0. The number of rotatable bonds is 5. The molecule has 1 aromatic heterocycles. The van der Waals surface area contributed by atoms with Crippen LogP contribution in [-0.4, -0.2) is 10.2 Å². The SMILES string of the molecule is CC(C)Cc1c(N)n[nH]c1CCC1CCCC1. The number of nitrogens with zero attached hydrogens (tertiary/aromatic N) is 1. The number of aryl methyl sites for hydroxylation is 1. The minimum Gasteiger partial charge on any atom is -0.382 e. The van der Waals surface area contributed by atoms with Gasteiger partial charge in [-0.3, -0.25) is 5.10 Å². The maximum atomic E-state index is 5.93. The number of nitrogens with one attached hydrogen (secondary N) is 1. The van der Waals surface area contributed by atoms with Crippen LogP contribution in [0.2, 0.25) is 0 Å². The molecule has 3 nitrogen and oxygen atoms in total. The van der Waals surface area contributed by atoms with Crippen LogP contribution in [0.15, 0.2) is 0 Å². The third-order valence-electron chi connectivity index (χ3n) is 3.87. The Hall–Kier alpha value is -0.990. The van der Waals surface area contributed by atoms with Crippen molar-refractivity contribution in [1.29, 1.82) is 0 Å². The Labute approximate surface area is 104 Å². The molecule has 0 aliphatic heterocycles. The summed E-state index contributed by atoms with van der Waals surface area (Å²) in [4.78, 5) is 0. The first-order valence-electron chi connectivity index (χ1n) is 6.98. The van der Waals surface area contributed by atoms with Crippen LogP contribution in [0.4, 0.5) is 5.82 Å². The molecule has 0 radical (unpaired) electrons. The smallest absolute Gasteiger partial charge is 0.148 e. The maximum Gasteiger partial charge on any atom is 0.148 e. The molecule has 1 aliphatic carbocycles. The number of nitrogen functional groups attached to an aromatic ring is 1. The van der Waals surface area contributed by atoms with Gasteiger partial charge in [0.15, 0.2) is 0 Å². The van der Waals surface area contributed by atoms with Gasteiger partial charge in [0.05, 0.1) is 0 Å². The van der Waals surface area contributed by atoms with Gasteiger partial charge in [0.1, 0.15) is 5.82 Å². The molecular weight excluding hydrogens is 210 g/mol. The van der Waals surface area contributed by atoms with Gasteiger partial charge in [0.25, 0.3) is 0 Å². The van der Waals surface area contributed by atoms with E-state index in [2.05, 4.69) is 24.0 Å². The second kappa shape index (κ2) is 5.56. The lowest BCUT2D eigenvalue weighted by Gasteiger charge is -2.10. The van der Waals surface area contributed by atoms with E-state index in [1.54, 1.807) is 0 Å². The van der Waals surface area contributed by atoms with Gasteiger partial charge in [0, 0.05) is 11.3 Å². The van der Waals surface area contributed by atoms with Crippen molar-refractivity contribution >= 4 is 5.82 Å². The molecular formula is C14H25N3. The second-order valence-electron chi connectivity index (χ2n) is 5.85.